The van der Waals surface area contributed by atoms with Gasteiger partial charge in [0.1, 0.15) is 5.01 Å². The minimum absolute atomic E-state index is 0. The Kier molecular flexibility index (Phi) is 8.27. The predicted octanol–water partition coefficient (Wildman–Crippen LogP) is 3.73. The highest BCUT2D eigenvalue weighted by Gasteiger charge is 2.21. The van der Waals surface area contributed by atoms with Crippen molar-refractivity contribution in [1.29, 1.82) is 0 Å². The van der Waals surface area contributed by atoms with E-state index in [2.05, 4.69) is 17.2 Å². The number of rotatable bonds is 3. The molecule has 9 heteroatoms. The Morgan fingerprint density at radius 3 is 2.91 bits per heavy atom. The van der Waals surface area contributed by atoms with Crippen LogP contribution in [0, 0.1) is 0 Å². The second kappa shape index (κ2) is 9.20. The number of hydrogen-bond acceptors (Lipinski definition) is 5. The minimum Gasteiger partial charge on any atom is -0.340 e. The van der Waals surface area contributed by atoms with E-state index in [4.69, 9.17) is 11.6 Å². The smallest absolute Gasteiger partial charge is 0.228 e. The van der Waals surface area contributed by atoms with Crippen molar-refractivity contribution < 1.29 is 4.79 Å². The molecule has 1 N–H and O–H groups in total. The van der Waals surface area contributed by atoms with Gasteiger partial charge in [-0.15, -0.1) is 47.5 Å². The number of aromatic nitrogens is 1. The SMILES string of the molecule is CC1CN(C(=O)Cc2csc(-c3ccc(Cl)s3)n2)CCN1.Cl.Cl. The van der Waals surface area contributed by atoms with Crippen LogP contribution < -0.4 is 5.32 Å². The lowest BCUT2D eigenvalue weighted by molar-refractivity contribution is -0.131. The van der Waals surface area contributed by atoms with E-state index >= 15 is 0 Å². The third-order valence-corrected chi connectivity index (χ3v) is 5.68. The molecule has 1 saturated heterocycles. The molecule has 0 spiro atoms. The molecule has 1 amide bonds. The maximum absolute atomic E-state index is 12.3. The van der Waals surface area contributed by atoms with Crippen LogP contribution in [0.3, 0.4) is 0 Å². The summed E-state index contributed by atoms with van der Waals surface area (Å²) in [4.78, 5) is 19.8. The zero-order chi connectivity index (χ0) is 14.8. The first-order valence-corrected chi connectivity index (χ1v) is 8.90. The number of hydrogen-bond donors (Lipinski definition) is 1. The van der Waals surface area contributed by atoms with E-state index in [1.54, 1.807) is 11.3 Å². The van der Waals surface area contributed by atoms with Crippen molar-refractivity contribution in [3.63, 3.8) is 0 Å². The quantitative estimate of drug-likeness (QED) is 0.832. The number of nitrogens with one attached hydrogen (secondary N) is 1. The summed E-state index contributed by atoms with van der Waals surface area (Å²) in [5.41, 5.74) is 0.843. The molecule has 4 nitrogen and oxygen atoms in total. The van der Waals surface area contributed by atoms with Crippen LogP contribution in [0.1, 0.15) is 12.6 Å². The Labute approximate surface area is 161 Å². The summed E-state index contributed by atoms with van der Waals surface area (Å²) < 4.78 is 0.757. The second-order valence-corrected chi connectivity index (χ2v) is 7.69. The summed E-state index contributed by atoms with van der Waals surface area (Å²) in [6, 6.07) is 4.20. The number of amides is 1. The molecule has 1 fully saturated rings. The van der Waals surface area contributed by atoms with Gasteiger partial charge in [0.25, 0.3) is 0 Å². The molecule has 1 aliphatic rings. The van der Waals surface area contributed by atoms with Crippen LogP contribution >= 0.6 is 59.1 Å². The molecule has 3 heterocycles. The standard InChI is InChI=1S/C14H16ClN3OS2.2ClH/c1-9-7-18(5-4-16-9)13(19)6-10-8-20-14(17-10)11-2-3-12(15)21-11;;/h2-3,8-9,16H,4-7H2,1H3;2*1H. The van der Waals surface area contributed by atoms with E-state index < -0.39 is 0 Å². The third-order valence-electron chi connectivity index (χ3n) is 3.39. The Morgan fingerprint density at radius 1 is 1.48 bits per heavy atom. The van der Waals surface area contributed by atoms with Gasteiger partial charge in [0.05, 0.1) is 21.3 Å². The number of nitrogens with zero attached hydrogens (tertiary/aromatic N) is 2. The fourth-order valence-electron chi connectivity index (χ4n) is 2.36. The van der Waals surface area contributed by atoms with Crippen molar-refractivity contribution in [3.05, 3.63) is 27.5 Å². The second-order valence-electron chi connectivity index (χ2n) is 5.12. The van der Waals surface area contributed by atoms with Gasteiger partial charge >= 0.3 is 0 Å². The monoisotopic (exact) mass is 413 g/mol. The Hall–Kier alpha value is -0.370. The highest BCUT2D eigenvalue weighted by atomic mass is 35.5. The molecule has 0 aromatic carbocycles. The number of carbonyl (C=O) groups excluding carboxylic acids is 1. The summed E-state index contributed by atoms with van der Waals surface area (Å²) in [6.45, 7) is 4.51. The first kappa shape index (κ1) is 20.7. The van der Waals surface area contributed by atoms with Gasteiger partial charge in [0.15, 0.2) is 0 Å². The molecule has 2 aromatic rings. The van der Waals surface area contributed by atoms with Crippen LogP contribution in [0.15, 0.2) is 17.5 Å². The fraction of sp³-hybridized carbons (Fsp3) is 0.429. The first-order chi connectivity index (χ1) is 10.1. The van der Waals surface area contributed by atoms with Crippen LogP contribution in [-0.4, -0.2) is 41.5 Å². The lowest BCUT2D eigenvalue weighted by atomic mass is 10.2. The molecule has 0 radical (unpaired) electrons. The lowest BCUT2D eigenvalue weighted by Crippen LogP contribution is -2.51. The third kappa shape index (κ3) is 5.31. The van der Waals surface area contributed by atoms with E-state index in [1.165, 1.54) is 11.3 Å². The van der Waals surface area contributed by atoms with Crippen LogP contribution in [0.4, 0.5) is 0 Å². The summed E-state index contributed by atoms with van der Waals surface area (Å²) in [6.07, 6.45) is 0.377. The summed E-state index contributed by atoms with van der Waals surface area (Å²) in [7, 11) is 0. The Morgan fingerprint density at radius 2 is 2.26 bits per heavy atom. The summed E-state index contributed by atoms with van der Waals surface area (Å²) in [5.74, 6) is 0.157. The molecular formula is C14H18Cl3N3OS2. The maximum Gasteiger partial charge on any atom is 0.228 e. The van der Waals surface area contributed by atoms with Crippen LogP contribution in [0.5, 0.6) is 0 Å². The molecule has 128 valence electrons. The summed E-state index contributed by atoms with van der Waals surface area (Å²) >= 11 is 9.02. The molecule has 2 aromatic heterocycles. The van der Waals surface area contributed by atoms with Gasteiger partial charge in [-0.25, -0.2) is 4.98 Å². The Balaban J connectivity index is 0.00000132. The Bertz CT molecular complexity index is 647. The predicted molar refractivity (Wildman–Crippen MR) is 103 cm³/mol. The van der Waals surface area contributed by atoms with Crippen LogP contribution in [-0.2, 0) is 11.2 Å². The number of carbonyl (C=O) groups is 1. The molecular weight excluding hydrogens is 397 g/mol. The first-order valence-electron chi connectivity index (χ1n) is 6.83. The van der Waals surface area contributed by atoms with Crippen LogP contribution in [0.25, 0.3) is 9.88 Å². The number of piperazine rings is 1. The highest BCUT2D eigenvalue weighted by Crippen LogP contribution is 2.33. The van der Waals surface area contributed by atoms with Gasteiger partial charge in [0, 0.05) is 31.1 Å². The summed E-state index contributed by atoms with van der Waals surface area (Å²) in [5, 5.41) is 6.24. The van der Waals surface area contributed by atoms with Gasteiger partial charge in [-0.3, -0.25) is 4.79 Å². The number of halogens is 3. The van der Waals surface area contributed by atoms with Gasteiger partial charge in [-0.2, -0.15) is 0 Å². The average Bonchev–Trinajstić information content (AvgIpc) is 3.07. The largest absolute Gasteiger partial charge is 0.340 e. The van der Waals surface area contributed by atoms with Gasteiger partial charge in [0.2, 0.25) is 5.91 Å². The topological polar surface area (TPSA) is 45.2 Å². The van der Waals surface area contributed by atoms with Crippen molar-refractivity contribution in [2.24, 2.45) is 0 Å². The van der Waals surface area contributed by atoms with Crippen molar-refractivity contribution in [1.82, 2.24) is 15.2 Å². The fourth-order valence-corrected chi connectivity index (χ4v) is 4.29. The van der Waals surface area contributed by atoms with Gasteiger partial charge < -0.3 is 10.2 Å². The van der Waals surface area contributed by atoms with Gasteiger partial charge in [-0.05, 0) is 19.1 Å². The van der Waals surface area contributed by atoms with Crippen molar-refractivity contribution >= 4 is 65.0 Å². The zero-order valence-corrected chi connectivity index (χ0v) is 16.5. The molecule has 1 aliphatic heterocycles. The number of thiophene rings is 1. The molecule has 23 heavy (non-hydrogen) atoms. The number of thiazole rings is 1. The highest BCUT2D eigenvalue weighted by molar-refractivity contribution is 7.23. The normalized spacial score (nSPS) is 17.3. The van der Waals surface area contributed by atoms with E-state index in [9.17, 15) is 4.79 Å². The molecule has 1 atom stereocenters. The van der Waals surface area contributed by atoms with E-state index in [0.29, 0.717) is 12.5 Å². The van der Waals surface area contributed by atoms with Crippen molar-refractivity contribution in [3.8, 4) is 9.88 Å². The van der Waals surface area contributed by atoms with Crippen molar-refractivity contribution in [2.45, 2.75) is 19.4 Å². The van der Waals surface area contributed by atoms with Crippen LogP contribution in [0.2, 0.25) is 4.34 Å². The van der Waals surface area contributed by atoms with E-state index in [1.807, 2.05) is 22.4 Å². The molecule has 0 aliphatic carbocycles. The molecule has 1 unspecified atom stereocenters. The van der Waals surface area contributed by atoms with Crippen molar-refractivity contribution in [2.75, 3.05) is 19.6 Å². The lowest BCUT2D eigenvalue weighted by Gasteiger charge is -2.31. The molecule has 0 saturated carbocycles. The zero-order valence-electron chi connectivity index (χ0n) is 12.5. The minimum atomic E-state index is 0. The van der Waals surface area contributed by atoms with E-state index in [-0.39, 0.29) is 30.7 Å². The average molecular weight is 415 g/mol. The van der Waals surface area contributed by atoms with Gasteiger partial charge in [-0.1, -0.05) is 11.6 Å². The van der Waals surface area contributed by atoms with E-state index in [0.717, 1.165) is 39.5 Å². The molecule has 0 bridgehead atoms. The maximum atomic E-state index is 12.3. The molecule has 3 rings (SSSR count).